The Hall–Kier alpha value is -5.84. The summed E-state index contributed by atoms with van der Waals surface area (Å²) in [5.74, 6) is 1.52. The number of ether oxygens (including phenoxy) is 3. The van der Waals surface area contributed by atoms with Crippen molar-refractivity contribution < 1.29 is 23.4 Å². The lowest BCUT2D eigenvalue weighted by molar-refractivity contribution is -0.141. The van der Waals surface area contributed by atoms with E-state index in [1.54, 1.807) is 25.7 Å². The number of nitrogens with two attached hydrogens (primary N) is 4. The molecule has 79 heavy (non-hydrogen) atoms. The molecule has 2 bridgehead atoms. The fraction of sp³-hybridized carbons (Fsp3) is 0.638. The first kappa shape index (κ1) is 57.8. The van der Waals surface area contributed by atoms with Gasteiger partial charge in [0.25, 0.3) is 0 Å². The molecule has 1 amide bonds. The van der Waals surface area contributed by atoms with Gasteiger partial charge in [0.1, 0.15) is 0 Å². The molecular formula is C58H89FN16O4. The maximum atomic E-state index is 14.0. The predicted molar refractivity (Wildman–Crippen MR) is 313 cm³/mol. The average molecular weight is 1090 g/mol. The van der Waals surface area contributed by atoms with E-state index in [1.807, 2.05) is 28.4 Å². The highest BCUT2D eigenvalue weighted by Gasteiger charge is 2.42. The van der Waals surface area contributed by atoms with Crippen LogP contribution < -0.4 is 42.5 Å². The number of aromatic nitrogens is 4. The van der Waals surface area contributed by atoms with Crippen LogP contribution in [0.5, 0.6) is 0 Å². The number of pyridine rings is 4. The number of piperazine rings is 4. The molecule has 0 spiro atoms. The van der Waals surface area contributed by atoms with E-state index in [0.29, 0.717) is 61.5 Å². The van der Waals surface area contributed by atoms with E-state index < -0.39 is 0 Å². The summed E-state index contributed by atoms with van der Waals surface area (Å²) in [6.45, 7) is 26.7. The Labute approximate surface area is 467 Å². The summed E-state index contributed by atoms with van der Waals surface area (Å²) >= 11 is 0. The standard InChI is InChI=1S/C18H25FN4O.C14H24N4O.2C13H20N4O/c19-15-10-21-11-16(20)17(15)22-5-7-23(8-6-22)18(24)14-9-12-1-3-13(14)4-2-12;1-12-10-16-11-13(15)14(12)18-7-5-17(6-8-18)4-3-9-19-2;2*1-10-6-15-7-12(14)13(10)17-3-2-16-4-5-18-9-11(16)8-17/h10-14H,1-9,20H2;10-11H,3-9,15H2,1-2H3;2*6-7,11H,2-5,8-9,14H2,1H3/t;;2*11-/m..10/s1. The second-order valence-electron chi connectivity index (χ2n) is 22.8. The SMILES string of the molecule is COCCCN1CCN(c2c(C)cncc2N)CC1.Cc1cncc(N)c1N1CCN2CCOC[C@@H]2C1.Cc1cncc(N)c1N1CCN2CCOC[C@H]2C1.Nc1cncc(F)c1N1CCN(C(=O)C2CC3CCC2CC3)CC1. The van der Waals surface area contributed by atoms with E-state index >= 15 is 0 Å². The zero-order valence-corrected chi connectivity index (χ0v) is 47.5. The first-order valence-corrected chi connectivity index (χ1v) is 29.0. The minimum Gasteiger partial charge on any atom is -0.396 e. The van der Waals surface area contributed by atoms with Crippen LogP contribution in [0.2, 0.25) is 0 Å². The van der Waals surface area contributed by atoms with Gasteiger partial charge < -0.3 is 61.6 Å². The summed E-state index contributed by atoms with van der Waals surface area (Å²) in [5, 5.41) is 0. The number of amides is 1. The van der Waals surface area contributed by atoms with Crippen LogP contribution >= 0.6 is 0 Å². The second kappa shape index (κ2) is 27.6. The van der Waals surface area contributed by atoms with Crippen molar-refractivity contribution in [3.05, 3.63) is 72.1 Å². The molecule has 0 aromatic carbocycles. The number of carbonyl (C=O) groups is 1. The van der Waals surface area contributed by atoms with Gasteiger partial charge in [0.15, 0.2) is 5.82 Å². The normalized spacial score (nSPS) is 24.5. The quantitative estimate of drug-likeness (QED) is 0.171. The fourth-order valence-corrected chi connectivity index (χ4v) is 13.4. The monoisotopic (exact) mass is 1090 g/mol. The van der Waals surface area contributed by atoms with E-state index in [0.717, 1.165) is 188 Å². The van der Waals surface area contributed by atoms with Crippen molar-refractivity contribution in [2.45, 2.75) is 71.4 Å². The van der Waals surface area contributed by atoms with Gasteiger partial charge in [-0.1, -0.05) is 12.8 Å². The van der Waals surface area contributed by atoms with Crippen molar-refractivity contribution in [1.82, 2.24) is 39.5 Å². The molecule has 4 aromatic heterocycles. The maximum absolute atomic E-state index is 14.0. The zero-order valence-electron chi connectivity index (χ0n) is 47.5. The number of fused-ring (bicyclic) bond motifs is 5. The third-order valence-corrected chi connectivity index (χ3v) is 17.6. The molecular weight excluding hydrogens is 1000 g/mol. The summed E-state index contributed by atoms with van der Waals surface area (Å²) in [6.07, 6.45) is 20.8. The van der Waals surface area contributed by atoms with E-state index in [-0.39, 0.29) is 11.7 Å². The van der Waals surface area contributed by atoms with Crippen molar-refractivity contribution in [2.24, 2.45) is 17.8 Å². The van der Waals surface area contributed by atoms with Gasteiger partial charge in [-0.05, 0) is 75.0 Å². The molecule has 21 heteroatoms. The largest absolute Gasteiger partial charge is 0.396 e. The molecule has 6 aliphatic heterocycles. The van der Waals surface area contributed by atoms with E-state index in [1.165, 1.54) is 38.1 Å². The smallest absolute Gasteiger partial charge is 0.226 e. The van der Waals surface area contributed by atoms with Gasteiger partial charge in [0.2, 0.25) is 5.91 Å². The van der Waals surface area contributed by atoms with Crippen LogP contribution in [0, 0.1) is 44.3 Å². The van der Waals surface area contributed by atoms with Crippen LogP contribution in [-0.2, 0) is 19.0 Å². The minimum atomic E-state index is -0.389. The maximum Gasteiger partial charge on any atom is 0.226 e. The number of rotatable bonds is 9. The average Bonchev–Trinajstić information content (AvgIpc) is 3.50. The molecule has 1 unspecified atom stereocenters. The Bertz CT molecular complexity index is 2430. The van der Waals surface area contributed by atoms with Gasteiger partial charge in [-0.3, -0.25) is 39.4 Å². The summed E-state index contributed by atoms with van der Waals surface area (Å²) in [7, 11) is 1.76. The Balaban J connectivity index is 0.000000129. The fourth-order valence-electron chi connectivity index (χ4n) is 13.4. The highest BCUT2D eigenvalue weighted by Crippen LogP contribution is 2.46. The van der Waals surface area contributed by atoms with Crippen molar-refractivity contribution in [1.29, 1.82) is 0 Å². The van der Waals surface area contributed by atoms with Crippen LogP contribution in [-0.4, -0.2) is 209 Å². The Morgan fingerprint density at radius 1 is 0.570 bits per heavy atom. The molecule has 3 saturated carbocycles. The molecule has 0 radical (unpaired) electrons. The number of morpholine rings is 2. The van der Waals surface area contributed by atoms with Gasteiger partial charge in [-0.2, -0.15) is 0 Å². The molecule has 6 saturated heterocycles. The molecule has 20 nitrogen and oxygen atoms in total. The number of methoxy groups -OCH3 is 1. The number of hydrogen-bond donors (Lipinski definition) is 4. The molecule has 432 valence electrons. The number of nitrogens with zero attached hydrogens (tertiary/aromatic N) is 12. The van der Waals surface area contributed by atoms with Crippen molar-refractivity contribution in [2.75, 3.05) is 194 Å². The number of nitrogen functional groups attached to an aromatic ring is 4. The minimum absolute atomic E-state index is 0.229. The Morgan fingerprint density at radius 3 is 1.47 bits per heavy atom. The van der Waals surface area contributed by atoms with Crippen molar-refractivity contribution >= 4 is 51.4 Å². The van der Waals surface area contributed by atoms with Crippen molar-refractivity contribution in [3.8, 4) is 0 Å². The molecule has 3 aliphatic carbocycles. The second-order valence-corrected chi connectivity index (χ2v) is 22.8. The Morgan fingerprint density at radius 2 is 1.01 bits per heavy atom. The molecule has 10 heterocycles. The van der Waals surface area contributed by atoms with Crippen LogP contribution in [0.25, 0.3) is 0 Å². The van der Waals surface area contributed by atoms with Crippen LogP contribution in [0.4, 0.5) is 49.9 Å². The van der Waals surface area contributed by atoms with Crippen LogP contribution in [0.3, 0.4) is 0 Å². The number of anilines is 8. The molecule has 8 N–H and O–H groups in total. The Kier molecular flexibility index (Phi) is 20.2. The van der Waals surface area contributed by atoms with Gasteiger partial charge in [-0.25, -0.2) is 4.39 Å². The molecule has 9 fully saturated rings. The summed E-state index contributed by atoms with van der Waals surface area (Å²) < 4.78 is 30.3. The lowest BCUT2D eigenvalue weighted by Gasteiger charge is -2.45. The van der Waals surface area contributed by atoms with Crippen LogP contribution in [0.15, 0.2) is 49.6 Å². The van der Waals surface area contributed by atoms with E-state index in [9.17, 15) is 9.18 Å². The number of aryl methyl sites for hydroxylation is 3. The summed E-state index contributed by atoms with van der Waals surface area (Å²) in [6, 6.07) is 0.999. The van der Waals surface area contributed by atoms with E-state index in [4.69, 9.17) is 37.1 Å². The number of halogens is 1. The number of carbonyl (C=O) groups excluding carboxylic acids is 1. The van der Waals surface area contributed by atoms with Gasteiger partial charge in [-0.15, -0.1) is 0 Å². The lowest BCUT2D eigenvalue weighted by atomic mass is 9.64. The first-order valence-electron chi connectivity index (χ1n) is 29.0. The third-order valence-electron chi connectivity index (χ3n) is 17.6. The van der Waals surface area contributed by atoms with Crippen molar-refractivity contribution in [3.63, 3.8) is 0 Å². The predicted octanol–water partition coefficient (Wildman–Crippen LogP) is 4.39. The topological polar surface area (TPSA) is 226 Å². The molecule has 13 rings (SSSR count). The molecule has 4 aromatic rings. The first-order chi connectivity index (χ1) is 38.4. The van der Waals surface area contributed by atoms with Crippen LogP contribution in [0.1, 0.15) is 55.2 Å². The van der Waals surface area contributed by atoms with Gasteiger partial charge in [0.05, 0.1) is 115 Å². The lowest BCUT2D eigenvalue weighted by Crippen LogP contribution is -2.58. The van der Waals surface area contributed by atoms with Gasteiger partial charge in [0, 0.05) is 149 Å². The highest BCUT2D eigenvalue weighted by atomic mass is 19.1. The summed E-state index contributed by atoms with van der Waals surface area (Å²) in [4.78, 5) is 47.7. The third kappa shape index (κ3) is 14.4. The molecule has 9 aliphatic rings. The zero-order chi connectivity index (χ0) is 55.4. The van der Waals surface area contributed by atoms with E-state index in [2.05, 4.69) is 70.1 Å². The summed E-state index contributed by atoms with van der Waals surface area (Å²) in [5.41, 5.74) is 34.1. The number of hydrogen-bond acceptors (Lipinski definition) is 19. The van der Waals surface area contributed by atoms with Gasteiger partial charge >= 0.3 is 0 Å². The highest BCUT2D eigenvalue weighted by molar-refractivity contribution is 5.80. The molecule has 3 atom stereocenters.